The predicted octanol–water partition coefficient (Wildman–Crippen LogP) is 2.70. The third-order valence-corrected chi connectivity index (χ3v) is 6.87. The average molecular weight is 312 g/mol. The van der Waals surface area contributed by atoms with Gasteiger partial charge in [0.1, 0.15) is 5.01 Å². The number of nitrogens with zero attached hydrogens (tertiary/aromatic N) is 2. The van der Waals surface area contributed by atoms with Gasteiger partial charge < -0.3 is 4.42 Å². The lowest BCUT2D eigenvalue weighted by atomic mass is 10.4. The summed E-state index contributed by atoms with van der Waals surface area (Å²) >= 11 is 1.39. The van der Waals surface area contributed by atoms with Crippen molar-refractivity contribution in [2.45, 2.75) is 37.4 Å². The maximum Gasteiger partial charge on any atom is 0.183 e. The molecule has 1 aliphatic carbocycles. The van der Waals surface area contributed by atoms with E-state index >= 15 is 0 Å². The number of sulfone groups is 1. The summed E-state index contributed by atoms with van der Waals surface area (Å²) < 4.78 is 29.6. The fourth-order valence-electron chi connectivity index (χ4n) is 2.50. The van der Waals surface area contributed by atoms with Crippen molar-refractivity contribution in [1.82, 2.24) is 10.2 Å². The average Bonchev–Trinajstić information content (AvgIpc) is 3.16. The molecule has 0 saturated heterocycles. The van der Waals surface area contributed by atoms with Gasteiger partial charge in [0.2, 0.25) is 0 Å². The summed E-state index contributed by atoms with van der Waals surface area (Å²) in [6.07, 6.45) is 5.72. The fraction of sp³-hybridized carbons (Fsp3) is 0.538. The summed E-state index contributed by atoms with van der Waals surface area (Å²) in [6, 6.07) is 3.61. The quantitative estimate of drug-likeness (QED) is 0.848. The van der Waals surface area contributed by atoms with E-state index in [2.05, 4.69) is 10.2 Å². The topological polar surface area (TPSA) is 73.1 Å². The van der Waals surface area contributed by atoms with Crippen LogP contribution in [-0.4, -0.2) is 29.6 Å². The first-order valence-corrected chi connectivity index (χ1v) is 9.26. The zero-order valence-electron chi connectivity index (χ0n) is 11.0. The zero-order valence-corrected chi connectivity index (χ0v) is 12.6. The molecule has 0 N–H and O–H groups in total. The Morgan fingerprint density at radius 2 is 2.10 bits per heavy atom. The summed E-state index contributed by atoms with van der Waals surface area (Å²) in [5, 5.41) is 9.39. The van der Waals surface area contributed by atoms with Gasteiger partial charge in [0.15, 0.2) is 20.6 Å². The summed E-state index contributed by atoms with van der Waals surface area (Å²) in [6.45, 7) is 0. The molecule has 2 aromatic rings. The first-order valence-electron chi connectivity index (χ1n) is 6.73. The van der Waals surface area contributed by atoms with Crippen LogP contribution in [0.1, 0.15) is 30.7 Å². The number of aromatic nitrogens is 2. The summed E-state index contributed by atoms with van der Waals surface area (Å²) in [5.74, 6) is 0.845. The van der Waals surface area contributed by atoms with Crippen LogP contribution in [0.25, 0.3) is 10.8 Å². The second kappa shape index (κ2) is 5.65. The van der Waals surface area contributed by atoms with Crippen molar-refractivity contribution >= 4 is 21.2 Å². The Kier molecular flexibility index (Phi) is 3.89. The maximum absolute atomic E-state index is 12.2. The van der Waals surface area contributed by atoms with Crippen molar-refractivity contribution in [1.29, 1.82) is 0 Å². The summed E-state index contributed by atoms with van der Waals surface area (Å²) in [7, 11) is -2.99. The van der Waals surface area contributed by atoms with Gasteiger partial charge in [-0.1, -0.05) is 24.2 Å². The monoisotopic (exact) mass is 312 g/mol. The van der Waals surface area contributed by atoms with Crippen molar-refractivity contribution in [3.8, 4) is 10.8 Å². The van der Waals surface area contributed by atoms with Crippen molar-refractivity contribution < 1.29 is 12.8 Å². The molecule has 0 aliphatic heterocycles. The number of rotatable bonds is 5. The summed E-state index contributed by atoms with van der Waals surface area (Å²) in [5.41, 5.74) is 0. The molecule has 0 aromatic carbocycles. The Morgan fingerprint density at radius 3 is 2.80 bits per heavy atom. The Labute approximate surface area is 122 Å². The number of aryl methyl sites for hydroxylation is 1. The third-order valence-electron chi connectivity index (χ3n) is 3.61. The van der Waals surface area contributed by atoms with E-state index in [9.17, 15) is 8.42 Å². The lowest BCUT2D eigenvalue weighted by Gasteiger charge is -2.09. The molecule has 1 saturated carbocycles. The Bertz CT molecular complexity index is 656. The number of furan rings is 1. The van der Waals surface area contributed by atoms with Gasteiger partial charge in [-0.25, -0.2) is 8.42 Å². The van der Waals surface area contributed by atoms with Gasteiger partial charge in [-0.15, -0.1) is 10.2 Å². The highest BCUT2D eigenvalue weighted by atomic mass is 32.2. The maximum atomic E-state index is 12.2. The predicted molar refractivity (Wildman–Crippen MR) is 77.4 cm³/mol. The molecule has 0 radical (unpaired) electrons. The van der Waals surface area contributed by atoms with Crippen LogP contribution in [-0.2, 0) is 16.3 Å². The van der Waals surface area contributed by atoms with E-state index in [1.165, 1.54) is 11.3 Å². The van der Waals surface area contributed by atoms with Crippen LogP contribution in [0.15, 0.2) is 22.8 Å². The molecule has 20 heavy (non-hydrogen) atoms. The van der Waals surface area contributed by atoms with E-state index in [1.54, 1.807) is 12.3 Å². The molecule has 1 fully saturated rings. The highest BCUT2D eigenvalue weighted by molar-refractivity contribution is 7.92. The van der Waals surface area contributed by atoms with E-state index in [-0.39, 0.29) is 11.0 Å². The molecule has 108 valence electrons. The first-order chi connectivity index (χ1) is 9.65. The Hall–Kier alpha value is -1.21. The second-order valence-electron chi connectivity index (χ2n) is 5.00. The van der Waals surface area contributed by atoms with Crippen molar-refractivity contribution in [3.05, 3.63) is 23.4 Å². The van der Waals surface area contributed by atoms with Gasteiger partial charge in [0, 0.05) is 6.42 Å². The molecule has 1 aliphatic rings. The highest BCUT2D eigenvalue weighted by Crippen LogP contribution is 2.27. The highest BCUT2D eigenvalue weighted by Gasteiger charge is 2.28. The molecule has 2 heterocycles. The lowest BCUT2D eigenvalue weighted by molar-refractivity contribution is 0.578. The third kappa shape index (κ3) is 2.93. The molecule has 3 rings (SSSR count). The molecular formula is C13H16N2O3S2. The van der Waals surface area contributed by atoms with E-state index in [1.807, 2.05) is 6.07 Å². The minimum Gasteiger partial charge on any atom is -0.462 e. The normalized spacial score (nSPS) is 16.8. The van der Waals surface area contributed by atoms with Crippen LogP contribution in [0.3, 0.4) is 0 Å². The van der Waals surface area contributed by atoms with Crippen LogP contribution in [0.5, 0.6) is 0 Å². The van der Waals surface area contributed by atoms with Crippen LogP contribution in [0.2, 0.25) is 0 Å². The van der Waals surface area contributed by atoms with Gasteiger partial charge in [-0.3, -0.25) is 0 Å². The second-order valence-corrected chi connectivity index (χ2v) is 8.46. The van der Waals surface area contributed by atoms with E-state index in [0.717, 1.165) is 30.7 Å². The SMILES string of the molecule is O=S(=O)(CCc1nnc(-c2ccco2)s1)C1CCCC1. The van der Waals surface area contributed by atoms with Crippen molar-refractivity contribution in [2.75, 3.05) is 5.75 Å². The van der Waals surface area contributed by atoms with Gasteiger partial charge in [-0.05, 0) is 25.0 Å². The van der Waals surface area contributed by atoms with E-state index in [4.69, 9.17) is 4.42 Å². The molecule has 0 amide bonds. The van der Waals surface area contributed by atoms with Gasteiger partial charge in [0.25, 0.3) is 0 Å². The minimum atomic E-state index is -2.99. The number of hydrogen-bond donors (Lipinski definition) is 0. The lowest BCUT2D eigenvalue weighted by Crippen LogP contribution is -2.22. The molecule has 7 heteroatoms. The van der Waals surface area contributed by atoms with Crippen LogP contribution in [0.4, 0.5) is 0 Å². The number of hydrogen-bond acceptors (Lipinski definition) is 6. The standard InChI is InChI=1S/C13H16N2O3S2/c16-20(17,10-4-1-2-5-10)9-7-12-14-15-13(19-12)11-6-3-8-18-11/h3,6,8,10H,1-2,4-5,7,9H2. The molecule has 0 bridgehead atoms. The smallest absolute Gasteiger partial charge is 0.183 e. The molecule has 2 aromatic heterocycles. The molecular weight excluding hydrogens is 296 g/mol. The van der Waals surface area contributed by atoms with Crippen molar-refractivity contribution in [2.24, 2.45) is 0 Å². The summed E-state index contributed by atoms with van der Waals surface area (Å²) in [4.78, 5) is 0. The van der Waals surface area contributed by atoms with E-state index < -0.39 is 9.84 Å². The Morgan fingerprint density at radius 1 is 1.30 bits per heavy atom. The Balaban J connectivity index is 1.64. The van der Waals surface area contributed by atoms with Gasteiger partial charge in [-0.2, -0.15) is 0 Å². The van der Waals surface area contributed by atoms with Crippen LogP contribution < -0.4 is 0 Å². The fourth-order valence-corrected chi connectivity index (χ4v) is 5.30. The van der Waals surface area contributed by atoms with Gasteiger partial charge >= 0.3 is 0 Å². The molecule has 5 nitrogen and oxygen atoms in total. The van der Waals surface area contributed by atoms with Gasteiger partial charge in [0.05, 0.1) is 17.3 Å². The first kappa shape index (κ1) is 13.8. The van der Waals surface area contributed by atoms with Crippen molar-refractivity contribution in [3.63, 3.8) is 0 Å². The largest absolute Gasteiger partial charge is 0.462 e. The van der Waals surface area contributed by atoms with Crippen LogP contribution >= 0.6 is 11.3 Å². The molecule has 0 atom stereocenters. The molecule has 0 unspecified atom stereocenters. The zero-order chi connectivity index (χ0) is 14.0. The van der Waals surface area contributed by atoms with Crippen LogP contribution in [0, 0.1) is 0 Å². The minimum absolute atomic E-state index is 0.139. The van der Waals surface area contributed by atoms with E-state index in [0.29, 0.717) is 17.2 Å². The molecule has 0 spiro atoms.